The third-order valence-electron chi connectivity index (χ3n) is 2.63. The first-order chi connectivity index (χ1) is 9.95. The minimum Gasteiger partial charge on any atom is -0.427 e. The van der Waals surface area contributed by atoms with Gasteiger partial charge in [0.2, 0.25) is 5.75 Å². The maximum Gasteiger partial charge on any atom is 0.387 e. The number of anilines is 1. The summed E-state index contributed by atoms with van der Waals surface area (Å²) in [6, 6.07) is 3.71. The molecule has 2 rings (SSSR count). The summed E-state index contributed by atoms with van der Waals surface area (Å²) < 4.78 is 30.3. The summed E-state index contributed by atoms with van der Waals surface area (Å²) in [6.45, 7) is -2.72. The van der Waals surface area contributed by atoms with Crippen molar-refractivity contribution in [2.24, 2.45) is 7.05 Å². The first kappa shape index (κ1) is 14.7. The molecule has 0 bridgehead atoms. The molecule has 0 aliphatic heterocycles. The Morgan fingerprint density at radius 3 is 2.86 bits per heavy atom. The molecule has 0 amide bonds. The summed E-state index contributed by atoms with van der Waals surface area (Å²) >= 11 is 0. The van der Waals surface area contributed by atoms with Crippen molar-refractivity contribution in [1.82, 2.24) is 9.78 Å². The van der Waals surface area contributed by atoms with Gasteiger partial charge in [-0.25, -0.2) is 0 Å². The average Bonchev–Trinajstić information content (AvgIpc) is 2.81. The molecule has 0 unspecified atom stereocenters. The van der Waals surface area contributed by atoms with Gasteiger partial charge in [0.25, 0.3) is 0 Å². The van der Waals surface area contributed by atoms with Crippen LogP contribution >= 0.6 is 0 Å². The number of aromatic nitrogens is 2. The number of rotatable bonds is 6. The third-order valence-corrected chi connectivity index (χ3v) is 2.63. The highest BCUT2D eigenvalue weighted by Gasteiger charge is 2.19. The molecule has 0 radical (unpaired) electrons. The van der Waals surface area contributed by atoms with E-state index in [4.69, 9.17) is 0 Å². The van der Waals surface area contributed by atoms with Crippen molar-refractivity contribution in [1.29, 1.82) is 0 Å². The second-order valence-corrected chi connectivity index (χ2v) is 4.19. The maximum atomic E-state index is 12.3. The van der Waals surface area contributed by atoms with Crippen LogP contribution in [0.1, 0.15) is 5.56 Å². The molecule has 9 heteroatoms. The van der Waals surface area contributed by atoms with E-state index in [-0.39, 0.29) is 0 Å². The molecule has 0 aliphatic carbocycles. The van der Waals surface area contributed by atoms with Gasteiger partial charge in [-0.3, -0.25) is 14.8 Å². The molecule has 1 N–H and O–H groups in total. The van der Waals surface area contributed by atoms with Crippen molar-refractivity contribution in [2.75, 3.05) is 5.32 Å². The number of hydrogen-bond acceptors (Lipinski definition) is 5. The predicted molar refractivity (Wildman–Crippen MR) is 70.3 cm³/mol. The van der Waals surface area contributed by atoms with Crippen molar-refractivity contribution in [3.8, 4) is 5.75 Å². The first-order valence-corrected chi connectivity index (χ1v) is 5.90. The largest absolute Gasteiger partial charge is 0.427 e. The summed E-state index contributed by atoms with van der Waals surface area (Å²) in [7, 11) is 1.77. The number of nitro groups is 1. The monoisotopic (exact) mass is 298 g/mol. The molecule has 1 heterocycles. The van der Waals surface area contributed by atoms with Crippen molar-refractivity contribution < 1.29 is 18.4 Å². The smallest absolute Gasteiger partial charge is 0.387 e. The zero-order chi connectivity index (χ0) is 15.4. The molecule has 7 nitrogen and oxygen atoms in total. The Morgan fingerprint density at radius 1 is 1.52 bits per heavy atom. The van der Waals surface area contributed by atoms with Gasteiger partial charge in [-0.05, 0) is 6.07 Å². The lowest BCUT2D eigenvalue weighted by Crippen LogP contribution is -2.06. The molecule has 1 aromatic carbocycles. The van der Waals surface area contributed by atoms with Crippen LogP contribution in [0, 0.1) is 10.1 Å². The van der Waals surface area contributed by atoms with Gasteiger partial charge in [-0.1, -0.05) is 0 Å². The van der Waals surface area contributed by atoms with E-state index in [9.17, 15) is 18.9 Å². The number of hydrogen-bond donors (Lipinski definition) is 1. The quantitative estimate of drug-likeness (QED) is 0.654. The number of nitro benzene ring substituents is 1. The Bertz CT molecular complexity index is 645. The Morgan fingerprint density at radius 2 is 2.29 bits per heavy atom. The van der Waals surface area contributed by atoms with Gasteiger partial charge in [-0.2, -0.15) is 13.9 Å². The van der Waals surface area contributed by atoms with Crippen LogP contribution in [-0.4, -0.2) is 21.3 Å². The lowest BCUT2D eigenvalue weighted by molar-refractivity contribution is -0.386. The van der Waals surface area contributed by atoms with Crippen LogP contribution in [0.5, 0.6) is 5.75 Å². The molecule has 2 aromatic rings. The van der Waals surface area contributed by atoms with Crippen LogP contribution < -0.4 is 10.1 Å². The van der Waals surface area contributed by atoms with E-state index in [0.717, 1.165) is 11.6 Å². The van der Waals surface area contributed by atoms with Crippen LogP contribution in [0.25, 0.3) is 0 Å². The van der Waals surface area contributed by atoms with Gasteiger partial charge in [0.1, 0.15) is 0 Å². The van der Waals surface area contributed by atoms with Crippen LogP contribution in [0.3, 0.4) is 0 Å². The molecule has 21 heavy (non-hydrogen) atoms. The first-order valence-electron chi connectivity index (χ1n) is 5.90. The standard InChI is InChI=1S/C12H12F2N4O3/c1-17-7-8(6-16-17)5-15-9-2-3-10(18(19)20)11(4-9)21-12(13)14/h2-4,6-7,12,15H,5H2,1H3. The molecule has 0 saturated heterocycles. The van der Waals surface area contributed by atoms with Crippen LogP contribution in [0.15, 0.2) is 30.6 Å². The van der Waals surface area contributed by atoms with Crippen molar-refractivity contribution in [3.05, 3.63) is 46.3 Å². The summed E-state index contributed by atoms with van der Waals surface area (Å²) in [5.41, 5.74) is 0.800. The Hall–Kier alpha value is -2.71. The van der Waals surface area contributed by atoms with Gasteiger partial charge in [0.05, 0.1) is 11.1 Å². The topological polar surface area (TPSA) is 82.2 Å². The molecular formula is C12H12F2N4O3. The van der Waals surface area contributed by atoms with Crippen molar-refractivity contribution in [2.45, 2.75) is 13.2 Å². The molecule has 0 aliphatic rings. The lowest BCUT2D eigenvalue weighted by atomic mass is 10.2. The molecule has 0 atom stereocenters. The summed E-state index contributed by atoms with van der Waals surface area (Å²) in [5, 5.41) is 17.7. The van der Waals surface area contributed by atoms with E-state index >= 15 is 0 Å². The van der Waals surface area contributed by atoms with Gasteiger partial charge >= 0.3 is 12.3 Å². The fourth-order valence-electron chi connectivity index (χ4n) is 1.73. The van der Waals surface area contributed by atoms with Crippen molar-refractivity contribution in [3.63, 3.8) is 0 Å². The minimum absolute atomic E-state index is 0.403. The lowest BCUT2D eigenvalue weighted by Gasteiger charge is -2.09. The molecular weight excluding hydrogens is 286 g/mol. The van der Waals surface area contributed by atoms with Crippen LogP contribution in [0.2, 0.25) is 0 Å². The van der Waals surface area contributed by atoms with E-state index in [0.29, 0.717) is 12.2 Å². The second kappa shape index (κ2) is 6.16. The van der Waals surface area contributed by atoms with Gasteiger partial charge < -0.3 is 10.1 Å². The zero-order valence-corrected chi connectivity index (χ0v) is 11.0. The predicted octanol–water partition coefficient (Wildman–Crippen LogP) is 2.54. The van der Waals surface area contributed by atoms with E-state index in [1.54, 1.807) is 24.1 Å². The molecule has 0 spiro atoms. The number of nitrogens with zero attached hydrogens (tertiary/aromatic N) is 3. The van der Waals surface area contributed by atoms with Crippen LogP contribution in [0.4, 0.5) is 20.2 Å². The number of halogens is 2. The number of ether oxygens (including phenoxy) is 1. The molecule has 0 fully saturated rings. The molecule has 0 saturated carbocycles. The van der Waals surface area contributed by atoms with Crippen molar-refractivity contribution >= 4 is 11.4 Å². The minimum atomic E-state index is -3.13. The van der Waals surface area contributed by atoms with Gasteiger partial charge in [0.15, 0.2) is 0 Å². The number of alkyl halides is 2. The fraction of sp³-hybridized carbons (Fsp3) is 0.250. The van der Waals surface area contributed by atoms with E-state index in [1.165, 1.54) is 12.1 Å². The zero-order valence-electron chi connectivity index (χ0n) is 11.0. The molecule has 1 aromatic heterocycles. The van der Waals surface area contributed by atoms with Crippen LogP contribution in [-0.2, 0) is 13.6 Å². The Balaban J connectivity index is 2.14. The summed E-state index contributed by atoms with van der Waals surface area (Å²) in [5.74, 6) is -0.480. The highest BCUT2D eigenvalue weighted by Crippen LogP contribution is 2.31. The number of nitrogens with one attached hydrogen (secondary N) is 1. The Labute approximate surface area is 118 Å². The number of aryl methyl sites for hydroxylation is 1. The van der Waals surface area contributed by atoms with E-state index < -0.39 is 23.0 Å². The summed E-state index contributed by atoms with van der Waals surface area (Å²) in [6.07, 6.45) is 3.43. The van der Waals surface area contributed by atoms with Gasteiger partial charge in [0, 0.05) is 43.2 Å². The Kier molecular flexibility index (Phi) is 4.31. The van der Waals surface area contributed by atoms with Gasteiger partial charge in [-0.15, -0.1) is 0 Å². The highest BCUT2D eigenvalue weighted by molar-refractivity contribution is 5.58. The van der Waals surface area contributed by atoms with E-state index in [2.05, 4.69) is 15.2 Å². The summed E-state index contributed by atoms with van der Waals surface area (Å²) in [4.78, 5) is 9.97. The SMILES string of the molecule is Cn1cc(CNc2ccc([N+](=O)[O-])c(OC(F)F)c2)cn1. The third kappa shape index (κ3) is 3.88. The second-order valence-electron chi connectivity index (χ2n) is 4.19. The number of benzene rings is 1. The highest BCUT2D eigenvalue weighted by atomic mass is 19.3. The molecule has 112 valence electrons. The normalized spacial score (nSPS) is 10.7. The fourth-order valence-corrected chi connectivity index (χ4v) is 1.73. The maximum absolute atomic E-state index is 12.3. The van der Waals surface area contributed by atoms with E-state index in [1.807, 2.05) is 0 Å². The average molecular weight is 298 g/mol.